The molecular weight excluding hydrogens is 202 g/mol. The number of esters is 1. The normalized spacial score (nSPS) is 11.9. The fraction of sp³-hybridized carbons (Fsp3) is 0.300. The van der Waals surface area contributed by atoms with Crippen LogP contribution >= 0.6 is 11.6 Å². The first kappa shape index (κ1) is 10.9. The highest BCUT2D eigenvalue weighted by Crippen LogP contribution is 2.07. The van der Waals surface area contributed by atoms with Crippen molar-refractivity contribution < 1.29 is 9.53 Å². The second-order valence-corrected chi connectivity index (χ2v) is 3.04. The van der Waals surface area contributed by atoms with Gasteiger partial charge in [0.2, 0.25) is 0 Å². The summed E-state index contributed by atoms with van der Waals surface area (Å²) in [7, 11) is 0. The molecule has 14 heavy (non-hydrogen) atoms. The second-order valence-electron chi connectivity index (χ2n) is 2.78. The van der Waals surface area contributed by atoms with Crippen molar-refractivity contribution in [1.29, 1.82) is 0 Å². The summed E-state index contributed by atoms with van der Waals surface area (Å²) in [6, 6.07) is 9.51. The van der Waals surface area contributed by atoms with E-state index in [4.69, 9.17) is 16.3 Å². The molecule has 0 aliphatic carbocycles. The number of ether oxygens (including phenoxy) is 1. The van der Waals surface area contributed by atoms with E-state index in [9.17, 15) is 4.79 Å². The van der Waals surface area contributed by atoms with Crippen molar-refractivity contribution in [2.45, 2.75) is 13.2 Å². The van der Waals surface area contributed by atoms with Crippen molar-refractivity contribution in [3.63, 3.8) is 0 Å². The van der Waals surface area contributed by atoms with E-state index in [2.05, 4.69) is 5.32 Å². The Bertz CT molecular complexity index is 289. The molecule has 1 unspecified atom stereocenters. The van der Waals surface area contributed by atoms with Gasteiger partial charge >= 0.3 is 5.97 Å². The third-order valence-corrected chi connectivity index (χ3v) is 1.78. The maximum absolute atomic E-state index is 10.8. The van der Waals surface area contributed by atoms with Gasteiger partial charge in [-0.3, -0.25) is 4.79 Å². The molecule has 0 heterocycles. The highest BCUT2D eigenvalue weighted by Gasteiger charge is 2.06. The van der Waals surface area contributed by atoms with Gasteiger partial charge < -0.3 is 10.1 Å². The molecule has 0 aromatic heterocycles. The number of benzene rings is 1. The molecule has 1 aromatic carbocycles. The minimum atomic E-state index is -0.428. The van der Waals surface area contributed by atoms with Crippen LogP contribution in [0.15, 0.2) is 30.3 Å². The number of hydrogen-bond donors (Lipinski definition) is 1. The van der Waals surface area contributed by atoms with E-state index in [1.54, 1.807) is 6.92 Å². The van der Waals surface area contributed by atoms with Crippen molar-refractivity contribution >= 4 is 23.3 Å². The molecule has 3 nitrogen and oxygen atoms in total. The Kier molecular flexibility index (Phi) is 4.26. The van der Waals surface area contributed by atoms with Crippen molar-refractivity contribution in [3.05, 3.63) is 30.3 Å². The monoisotopic (exact) mass is 213 g/mol. The molecule has 76 valence electrons. The van der Waals surface area contributed by atoms with Crippen LogP contribution < -0.4 is 5.32 Å². The van der Waals surface area contributed by atoms with Gasteiger partial charge in [-0.2, -0.15) is 0 Å². The number of para-hydroxylation sites is 1. The van der Waals surface area contributed by atoms with Crippen LogP contribution in [-0.2, 0) is 9.53 Å². The first-order valence-electron chi connectivity index (χ1n) is 4.29. The zero-order valence-electron chi connectivity index (χ0n) is 7.87. The van der Waals surface area contributed by atoms with E-state index >= 15 is 0 Å². The topological polar surface area (TPSA) is 38.3 Å². The molecule has 0 saturated carbocycles. The number of anilines is 1. The summed E-state index contributed by atoms with van der Waals surface area (Å²) in [6.45, 7) is 1.75. The molecule has 4 heteroatoms. The van der Waals surface area contributed by atoms with Crippen LogP contribution in [0.4, 0.5) is 5.69 Å². The van der Waals surface area contributed by atoms with Crippen LogP contribution in [0.25, 0.3) is 0 Å². The third-order valence-electron chi connectivity index (χ3n) is 1.56. The molecule has 0 aliphatic rings. The number of rotatable bonds is 4. The minimum Gasteiger partial charge on any atom is -0.441 e. The number of carbonyl (C=O) groups excluding carboxylic acids is 1. The predicted octanol–water partition coefficient (Wildman–Crippen LogP) is 2.23. The standard InChI is InChI=1S/C10H12ClNO2/c1-8(14-10(13)7-11)12-9-5-3-2-4-6-9/h2-6,8,12H,7H2,1H3. The summed E-state index contributed by atoms with van der Waals surface area (Å²) in [5, 5.41) is 3.01. The first-order chi connectivity index (χ1) is 6.72. The fourth-order valence-electron chi connectivity index (χ4n) is 1.03. The Morgan fingerprint density at radius 3 is 2.71 bits per heavy atom. The smallest absolute Gasteiger partial charge is 0.322 e. The Morgan fingerprint density at radius 1 is 1.50 bits per heavy atom. The average molecular weight is 214 g/mol. The Labute approximate surface area is 88.0 Å². The fourth-order valence-corrected chi connectivity index (χ4v) is 1.09. The highest BCUT2D eigenvalue weighted by molar-refractivity contribution is 6.26. The number of carbonyl (C=O) groups is 1. The summed E-state index contributed by atoms with van der Waals surface area (Å²) in [6.07, 6.45) is -0.372. The van der Waals surface area contributed by atoms with Crippen LogP contribution in [-0.4, -0.2) is 18.1 Å². The SMILES string of the molecule is CC(Nc1ccccc1)OC(=O)CCl. The zero-order valence-corrected chi connectivity index (χ0v) is 8.62. The van der Waals surface area contributed by atoms with Crippen LogP contribution in [0, 0.1) is 0 Å². The van der Waals surface area contributed by atoms with Crippen LogP contribution in [0.2, 0.25) is 0 Å². The van der Waals surface area contributed by atoms with E-state index < -0.39 is 5.97 Å². The maximum Gasteiger partial charge on any atom is 0.322 e. The van der Waals surface area contributed by atoms with Crippen LogP contribution in [0.5, 0.6) is 0 Å². The summed E-state index contributed by atoms with van der Waals surface area (Å²) in [5.41, 5.74) is 0.905. The number of nitrogens with one attached hydrogen (secondary N) is 1. The van der Waals surface area contributed by atoms with Crippen molar-refractivity contribution in [3.8, 4) is 0 Å². The van der Waals surface area contributed by atoms with E-state index in [0.29, 0.717) is 0 Å². The van der Waals surface area contributed by atoms with Gasteiger partial charge in [0.25, 0.3) is 0 Å². The number of halogens is 1. The summed E-state index contributed by atoms with van der Waals surface area (Å²) in [4.78, 5) is 10.8. The Hall–Kier alpha value is -1.22. The molecule has 0 amide bonds. The van der Waals surface area contributed by atoms with Gasteiger partial charge in [0, 0.05) is 5.69 Å². The van der Waals surface area contributed by atoms with Crippen LogP contribution in [0.3, 0.4) is 0 Å². The Balaban J connectivity index is 2.41. The van der Waals surface area contributed by atoms with Gasteiger partial charge in [0.1, 0.15) is 5.88 Å². The van der Waals surface area contributed by atoms with Gasteiger partial charge in [-0.05, 0) is 19.1 Å². The van der Waals surface area contributed by atoms with Gasteiger partial charge in [-0.25, -0.2) is 0 Å². The molecule has 1 atom stereocenters. The molecule has 0 radical (unpaired) electrons. The minimum absolute atomic E-state index is 0.124. The summed E-state index contributed by atoms with van der Waals surface area (Å²) < 4.78 is 4.92. The van der Waals surface area contributed by atoms with Crippen LogP contribution in [0.1, 0.15) is 6.92 Å². The molecule has 1 N–H and O–H groups in total. The highest BCUT2D eigenvalue weighted by atomic mass is 35.5. The average Bonchev–Trinajstić information content (AvgIpc) is 2.19. The number of hydrogen-bond acceptors (Lipinski definition) is 3. The van der Waals surface area contributed by atoms with Crippen molar-refractivity contribution in [1.82, 2.24) is 0 Å². The summed E-state index contributed by atoms with van der Waals surface area (Å²) in [5.74, 6) is -0.552. The Morgan fingerprint density at radius 2 is 2.14 bits per heavy atom. The quantitative estimate of drug-likeness (QED) is 0.474. The van der Waals surface area contributed by atoms with Gasteiger partial charge in [-0.1, -0.05) is 18.2 Å². The molecular formula is C10H12ClNO2. The lowest BCUT2D eigenvalue weighted by Gasteiger charge is -2.15. The predicted molar refractivity (Wildman–Crippen MR) is 56.3 cm³/mol. The van der Waals surface area contributed by atoms with E-state index in [1.807, 2.05) is 30.3 Å². The molecule has 0 aliphatic heterocycles. The van der Waals surface area contributed by atoms with Crippen molar-refractivity contribution in [2.75, 3.05) is 11.2 Å². The summed E-state index contributed by atoms with van der Waals surface area (Å²) >= 11 is 5.30. The van der Waals surface area contributed by atoms with Gasteiger partial charge in [0.05, 0.1) is 0 Å². The largest absolute Gasteiger partial charge is 0.441 e. The maximum atomic E-state index is 10.8. The molecule has 1 aromatic rings. The third kappa shape index (κ3) is 3.66. The van der Waals surface area contributed by atoms with Crippen molar-refractivity contribution in [2.24, 2.45) is 0 Å². The lowest BCUT2D eigenvalue weighted by atomic mass is 10.3. The van der Waals surface area contributed by atoms with Gasteiger partial charge in [-0.15, -0.1) is 11.6 Å². The van der Waals surface area contributed by atoms with E-state index in [-0.39, 0.29) is 12.1 Å². The number of alkyl halides is 1. The molecule has 0 fully saturated rings. The molecule has 0 spiro atoms. The molecule has 0 bridgehead atoms. The second kappa shape index (κ2) is 5.50. The molecule has 0 saturated heterocycles. The first-order valence-corrected chi connectivity index (χ1v) is 4.83. The lowest BCUT2D eigenvalue weighted by Crippen LogP contribution is -2.23. The van der Waals surface area contributed by atoms with Gasteiger partial charge in [0.15, 0.2) is 6.23 Å². The zero-order chi connectivity index (χ0) is 10.4. The molecule has 1 rings (SSSR count). The van der Waals surface area contributed by atoms with E-state index in [0.717, 1.165) is 5.69 Å². The van der Waals surface area contributed by atoms with E-state index in [1.165, 1.54) is 0 Å². The lowest BCUT2D eigenvalue weighted by molar-refractivity contribution is -0.143.